The lowest BCUT2D eigenvalue weighted by atomic mass is 10.1. The Labute approximate surface area is 143 Å². The number of halogens is 1. The number of hydrogen-bond donors (Lipinski definition) is 2. The van der Waals surface area contributed by atoms with Gasteiger partial charge in [0, 0.05) is 30.1 Å². The van der Waals surface area contributed by atoms with E-state index in [1.54, 1.807) is 18.3 Å². The van der Waals surface area contributed by atoms with Crippen LogP contribution in [0.3, 0.4) is 0 Å². The highest BCUT2D eigenvalue weighted by Gasteiger charge is 2.20. The fourth-order valence-corrected chi connectivity index (χ4v) is 2.90. The van der Waals surface area contributed by atoms with Crippen molar-refractivity contribution in [3.05, 3.63) is 71.7 Å². The molecule has 5 nitrogen and oxygen atoms in total. The smallest absolute Gasteiger partial charge is 0.327 e. The zero-order chi connectivity index (χ0) is 17.8. The number of carbonyl (C=O) groups is 1. The Balaban J connectivity index is 1.96. The summed E-state index contributed by atoms with van der Waals surface area (Å²) in [5.41, 5.74) is 2.74. The molecule has 1 atom stereocenters. The number of fused-ring (bicyclic) bond motifs is 1. The van der Waals surface area contributed by atoms with E-state index >= 15 is 0 Å². The van der Waals surface area contributed by atoms with Gasteiger partial charge in [0.15, 0.2) is 6.19 Å². The number of nitriles is 1. The van der Waals surface area contributed by atoms with Crippen molar-refractivity contribution in [2.24, 2.45) is 0 Å². The first-order chi connectivity index (χ1) is 12.1. The zero-order valence-electron chi connectivity index (χ0n) is 13.3. The molecule has 126 valence electrons. The third kappa shape index (κ3) is 3.61. The molecule has 2 aromatic carbocycles. The Morgan fingerprint density at radius 1 is 1.24 bits per heavy atom. The maximum Gasteiger partial charge on any atom is 0.327 e. The third-order valence-corrected chi connectivity index (χ3v) is 4.10. The number of carboxylic acid groups (broad SMARTS) is 1. The van der Waals surface area contributed by atoms with Crippen LogP contribution in [0, 0.1) is 17.3 Å². The van der Waals surface area contributed by atoms with Crippen LogP contribution in [0.1, 0.15) is 11.1 Å². The van der Waals surface area contributed by atoms with Gasteiger partial charge in [0.05, 0.1) is 0 Å². The largest absolute Gasteiger partial charge is 0.480 e. The number of aliphatic carboxylic acids is 1. The van der Waals surface area contributed by atoms with Crippen LogP contribution in [0.25, 0.3) is 10.9 Å². The maximum absolute atomic E-state index is 13.1. The predicted molar refractivity (Wildman–Crippen MR) is 91.3 cm³/mol. The van der Waals surface area contributed by atoms with E-state index < -0.39 is 12.0 Å². The number of benzene rings is 2. The Morgan fingerprint density at radius 2 is 1.96 bits per heavy atom. The van der Waals surface area contributed by atoms with Gasteiger partial charge in [-0.2, -0.15) is 5.26 Å². The molecule has 0 saturated heterocycles. The van der Waals surface area contributed by atoms with E-state index in [0.717, 1.165) is 22.0 Å². The molecule has 6 heteroatoms. The lowest BCUT2D eigenvalue weighted by molar-refractivity contribution is -0.139. The van der Waals surface area contributed by atoms with Gasteiger partial charge in [-0.05, 0) is 29.3 Å². The molecule has 0 fully saturated rings. The SMILES string of the molecule is N#CN[C@@H](Cc1cn(Cc2ccc(F)cc2)c2ccccc12)C(=O)O. The van der Waals surface area contributed by atoms with Crippen LogP contribution in [0.4, 0.5) is 4.39 Å². The zero-order valence-corrected chi connectivity index (χ0v) is 13.3. The van der Waals surface area contributed by atoms with E-state index in [-0.39, 0.29) is 12.2 Å². The first kappa shape index (κ1) is 16.5. The normalized spacial score (nSPS) is 11.8. The van der Waals surface area contributed by atoms with Crippen LogP contribution in [0.2, 0.25) is 0 Å². The van der Waals surface area contributed by atoms with Crippen molar-refractivity contribution in [1.29, 1.82) is 5.26 Å². The molecule has 0 aliphatic heterocycles. The van der Waals surface area contributed by atoms with Crippen molar-refractivity contribution in [2.75, 3.05) is 0 Å². The third-order valence-electron chi connectivity index (χ3n) is 4.10. The summed E-state index contributed by atoms with van der Waals surface area (Å²) in [7, 11) is 0. The van der Waals surface area contributed by atoms with Crippen molar-refractivity contribution in [3.8, 4) is 6.19 Å². The van der Waals surface area contributed by atoms with Gasteiger partial charge in [0.2, 0.25) is 0 Å². The highest BCUT2D eigenvalue weighted by molar-refractivity contribution is 5.85. The highest BCUT2D eigenvalue weighted by atomic mass is 19.1. The van der Waals surface area contributed by atoms with Crippen LogP contribution >= 0.6 is 0 Å². The van der Waals surface area contributed by atoms with Gasteiger partial charge >= 0.3 is 5.97 Å². The van der Waals surface area contributed by atoms with Crippen molar-refractivity contribution in [1.82, 2.24) is 9.88 Å². The Morgan fingerprint density at radius 3 is 2.64 bits per heavy atom. The van der Waals surface area contributed by atoms with Crippen LogP contribution < -0.4 is 5.32 Å². The Bertz CT molecular complexity index is 941. The molecular formula is C19H16FN3O2. The molecule has 3 rings (SSSR count). The molecule has 3 aromatic rings. The van der Waals surface area contributed by atoms with Gasteiger partial charge in [-0.3, -0.25) is 0 Å². The van der Waals surface area contributed by atoms with E-state index in [9.17, 15) is 14.3 Å². The molecule has 0 unspecified atom stereocenters. The van der Waals surface area contributed by atoms with Crippen LogP contribution in [0.5, 0.6) is 0 Å². The predicted octanol–water partition coefficient (Wildman–Crippen LogP) is 2.90. The summed E-state index contributed by atoms with van der Waals surface area (Å²) in [6, 6.07) is 13.0. The topological polar surface area (TPSA) is 78.0 Å². The average molecular weight is 337 g/mol. The lowest BCUT2D eigenvalue weighted by Crippen LogP contribution is -2.35. The number of nitrogens with one attached hydrogen (secondary N) is 1. The van der Waals surface area contributed by atoms with Gasteiger partial charge < -0.3 is 15.0 Å². The molecule has 1 heterocycles. The summed E-state index contributed by atoms with van der Waals surface area (Å²) in [5, 5.41) is 21.2. The second-order valence-electron chi connectivity index (χ2n) is 5.78. The molecule has 1 aromatic heterocycles. The highest BCUT2D eigenvalue weighted by Crippen LogP contribution is 2.24. The minimum absolute atomic E-state index is 0.194. The second-order valence-corrected chi connectivity index (χ2v) is 5.78. The molecular weight excluding hydrogens is 321 g/mol. The monoisotopic (exact) mass is 337 g/mol. The number of para-hydroxylation sites is 1. The van der Waals surface area contributed by atoms with Crippen molar-refractivity contribution in [3.63, 3.8) is 0 Å². The number of rotatable bonds is 6. The minimum Gasteiger partial charge on any atom is -0.480 e. The fraction of sp³-hybridized carbons (Fsp3) is 0.158. The van der Waals surface area contributed by atoms with Gasteiger partial charge in [0.25, 0.3) is 0 Å². The molecule has 0 bridgehead atoms. The lowest BCUT2D eigenvalue weighted by Gasteiger charge is -2.09. The van der Waals surface area contributed by atoms with Crippen molar-refractivity contribution >= 4 is 16.9 Å². The van der Waals surface area contributed by atoms with E-state index in [1.807, 2.05) is 35.0 Å². The molecule has 0 amide bonds. The second kappa shape index (κ2) is 7.05. The average Bonchev–Trinajstić information content (AvgIpc) is 2.94. The van der Waals surface area contributed by atoms with Crippen LogP contribution in [-0.4, -0.2) is 21.7 Å². The number of aromatic nitrogens is 1. The molecule has 0 saturated carbocycles. The van der Waals surface area contributed by atoms with Gasteiger partial charge in [0.1, 0.15) is 11.9 Å². The van der Waals surface area contributed by atoms with Crippen LogP contribution in [0.15, 0.2) is 54.7 Å². The van der Waals surface area contributed by atoms with Gasteiger partial charge in [-0.1, -0.05) is 30.3 Å². The van der Waals surface area contributed by atoms with Crippen molar-refractivity contribution < 1.29 is 14.3 Å². The fourth-order valence-electron chi connectivity index (χ4n) is 2.90. The summed E-state index contributed by atoms with van der Waals surface area (Å²) in [4.78, 5) is 11.3. The molecule has 0 aliphatic rings. The van der Waals surface area contributed by atoms with Crippen molar-refractivity contribution in [2.45, 2.75) is 19.0 Å². The number of nitrogens with zero attached hydrogens (tertiary/aromatic N) is 2. The molecule has 25 heavy (non-hydrogen) atoms. The van der Waals surface area contributed by atoms with Gasteiger partial charge in [-0.15, -0.1) is 0 Å². The number of carboxylic acids is 1. The quantitative estimate of drug-likeness (QED) is 0.535. The van der Waals surface area contributed by atoms with Gasteiger partial charge in [-0.25, -0.2) is 9.18 Å². The Kier molecular flexibility index (Phi) is 4.66. The summed E-state index contributed by atoms with van der Waals surface area (Å²) in [6.45, 7) is 0.546. The molecule has 2 N–H and O–H groups in total. The summed E-state index contributed by atoms with van der Waals surface area (Å²) < 4.78 is 15.1. The molecule has 0 spiro atoms. The van der Waals surface area contributed by atoms with E-state index in [0.29, 0.717) is 6.54 Å². The standard InChI is InChI=1S/C19H16FN3O2/c20-15-7-5-13(6-8-15)10-23-11-14(9-17(19(24)25)22-12-21)16-3-1-2-4-18(16)23/h1-8,11,17,22H,9-10H2,(H,24,25)/t17-/m0/s1. The van der Waals surface area contributed by atoms with E-state index in [1.165, 1.54) is 12.1 Å². The summed E-state index contributed by atoms with van der Waals surface area (Å²) in [6.07, 6.45) is 3.78. The molecule has 0 aliphatic carbocycles. The van der Waals surface area contributed by atoms with E-state index in [4.69, 9.17) is 5.26 Å². The number of hydrogen-bond acceptors (Lipinski definition) is 3. The van der Waals surface area contributed by atoms with Crippen LogP contribution in [-0.2, 0) is 17.8 Å². The summed E-state index contributed by atoms with van der Waals surface area (Å²) in [5.74, 6) is -1.36. The molecule has 0 radical (unpaired) electrons. The first-order valence-electron chi connectivity index (χ1n) is 7.77. The minimum atomic E-state index is -1.07. The summed E-state index contributed by atoms with van der Waals surface area (Å²) >= 11 is 0. The maximum atomic E-state index is 13.1. The van der Waals surface area contributed by atoms with E-state index in [2.05, 4.69) is 5.32 Å². The Hall–Kier alpha value is -3.33. The first-order valence-corrected chi connectivity index (χ1v) is 7.77.